The Morgan fingerprint density at radius 3 is 2.81 bits per heavy atom. The molecule has 8 heteroatoms. The number of hydrogen-bond donors (Lipinski definition) is 2. The number of rotatable bonds is 6. The number of nitrogens with one attached hydrogen (secondary N) is 1. The van der Waals surface area contributed by atoms with Crippen LogP contribution in [0.4, 0.5) is 0 Å². The summed E-state index contributed by atoms with van der Waals surface area (Å²) in [6.45, 7) is -0.120. The molecule has 2 aromatic rings. The molecule has 5 nitrogen and oxygen atoms in total. The van der Waals surface area contributed by atoms with Gasteiger partial charge in [0, 0.05) is 17.6 Å². The van der Waals surface area contributed by atoms with Crippen LogP contribution in [0.2, 0.25) is 5.02 Å². The highest BCUT2D eigenvalue weighted by molar-refractivity contribution is 7.89. The molecule has 114 valence electrons. The Morgan fingerprint density at radius 2 is 2.19 bits per heavy atom. The van der Waals surface area contributed by atoms with Crippen molar-refractivity contribution >= 4 is 33.0 Å². The lowest BCUT2D eigenvalue weighted by molar-refractivity contribution is 0.182. The molecule has 1 unspecified atom stereocenters. The highest BCUT2D eigenvalue weighted by Gasteiger charge is 2.21. The molecule has 0 aliphatic carbocycles. The topological polar surface area (TPSA) is 75.6 Å². The summed E-state index contributed by atoms with van der Waals surface area (Å²) in [5.74, 6) is 0.153. The van der Waals surface area contributed by atoms with Crippen LogP contribution in [-0.4, -0.2) is 27.2 Å². The van der Waals surface area contributed by atoms with Gasteiger partial charge in [-0.3, -0.25) is 0 Å². The molecule has 0 bridgehead atoms. The van der Waals surface area contributed by atoms with Crippen LogP contribution < -0.4 is 9.46 Å². The first-order chi connectivity index (χ1) is 9.94. The number of aliphatic hydroxyl groups excluding tert-OH is 1. The van der Waals surface area contributed by atoms with Crippen molar-refractivity contribution in [3.05, 3.63) is 45.6 Å². The fraction of sp³-hybridized carbons (Fsp3) is 0.231. The van der Waals surface area contributed by atoms with Crippen LogP contribution in [0.15, 0.2) is 39.9 Å². The van der Waals surface area contributed by atoms with Crippen molar-refractivity contribution in [1.82, 2.24) is 4.72 Å². The number of ether oxygens (including phenoxy) is 1. The summed E-state index contributed by atoms with van der Waals surface area (Å²) in [6.07, 6.45) is -0.899. The van der Waals surface area contributed by atoms with Gasteiger partial charge < -0.3 is 9.84 Å². The van der Waals surface area contributed by atoms with Gasteiger partial charge in [-0.1, -0.05) is 11.6 Å². The van der Waals surface area contributed by atoms with E-state index in [2.05, 4.69) is 4.72 Å². The van der Waals surface area contributed by atoms with Crippen molar-refractivity contribution in [1.29, 1.82) is 0 Å². The van der Waals surface area contributed by atoms with Crippen LogP contribution in [-0.2, 0) is 10.0 Å². The molecule has 2 rings (SSSR count). The van der Waals surface area contributed by atoms with Crippen LogP contribution in [0.1, 0.15) is 11.7 Å². The number of aliphatic hydroxyl groups is 1. The molecule has 2 N–H and O–H groups in total. The largest absolute Gasteiger partial charge is 0.495 e. The lowest BCUT2D eigenvalue weighted by atomic mass is 10.2. The van der Waals surface area contributed by atoms with Gasteiger partial charge in [0.05, 0.1) is 13.2 Å². The molecule has 1 atom stereocenters. The number of halogens is 1. The summed E-state index contributed by atoms with van der Waals surface area (Å²) < 4.78 is 31.9. The molecule has 0 saturated heterocycles. The highest BCUT2D eigenvalue weighted by atomic mass is 35.5. The standard InChI is InChI=1S/C13H14ClNO4S2/c1-19-12-6-10(14)2-3-13(12)21(17,18)15-7-11(16)9-4-5-20-8-9/h2-6,8,11,15-16H,7H2,1H3. The van der Waals surface area contributed by atoms with Crippen LogP contribution in [0.3, 0.4) is 0 Å². The average molecular weight is 348 g/mol. The minimum atomic E-state index is -3.80. The van der Waals surface area contributed by atoms with Gasteiger partial charge >= 0.3 is 0 Å². The highest BCUT2D eigenvalue weighted by Crippen LogP contribution is 2.27. The van der Waals surface area contributed by atoms with Crippen molar-refractivity contribution in [3.63, 3.8) is 0 Å². The van der Waals surface area contributed by atoms with Crippen molar-refractivity contribution < 1.29 is 18.3 Å². The van der Waals surface area contributed by atoms with E-state index in [0.29, 0.717) is 10.6 Å². The van der Waals surface area contributed by atoms with Gasteiger partial charge in [0.2, 0.25) is 10.0 Å². The zero-order valence-corrected chi connectivity index (χ0v) is 13.5. The SMILES string of the molecule is COc1cc(Cl)ccc1S(=O)(=O)NCC(O)c1ccsc1. The van der Waals surface area contributed by atoms with Gasteiger partial charge in [0.15, 0.2) is 0 Å². The van der Waals surface area contributed by atoms with E-state index in [4.69, 9.17) is 16.3 Å². The van der Waals surface area contributed by atoms with Gasteiger partial charge in [-0.05, 0) is 34.5 Å². The number of methoxy groups -OCH3 is 1. The zero-order valence-electron chi connectivity index (χ0n) is 11.1. The predicted octanol–water partition coefficient (Wildman–Crippen LogP) is 2.42. The van der Waals surface area contributed by atoms with E-state index < -0.39 is 16.1 Å². The summed E-state index contributed by atoms with van der Waals surface area (Å²) in [5.41, 5.74) is 0.672. The Morgan fingerprint density at radius 1 is 1.43 bits per heavy atom. The first-order valence-corrected chi connectivity index (χ1v) is 8.78. The maximum Gasteiger partial charge on any atom is 0.244 e. The maximum atomic E-state index is 12.3. The van der Waals surface area contributed by atoms with E-state index in [1.165, 1.54) is 36.6 Å². The van der Waals surface area contributed by atoms with Gasteiger partial charge in [0.1, 0.15) is 10.6 Å². The van der Waals surface area contributed by atoms with Crippen LogP contribution in [0, 0.1) is 0 Å². The minimum absolute atomic E-state index is 0.0214. The third-order valence-electron chi connectivity index (χ3n) is 2.81. The third-order valence-corrected chi connectivity index (χ3v) is 5.21. The third kappa shape index (κ3) is 3.96. The predicted molar refractivity (Wildman–Crippen MR) is 82.5 cm³/mol. The Labute approximate surface area is 132 Å². The van der Waals surface area contributed by atoms with Gasteiger partial charge in [-0.15, -0.1) is 0 Å². The van der Waals surface area contributed by atoms with E-state index in [1.807, 2.05) is 5.38 Å². The normalized spacial score (nSPS) is 13.1. The molecule has 0 radical (unpaired) electrons. The van der Waals surface area contributed by atoms with Crippen molar-refractivity contribution in [3.8, 4) is 5.75 Å². The van der Waals surface area contributed by atoms with Crippen molar-refractivity contribution in [2.75, 3.05) is 13.7 Å². The molecule has 0 spiro atoms. The monoisotopic (exact) mass is 347 g/mol. The molecule has 1 aromatic heterocycles. The van der Waals surface area contributed by atoms with Crippen LogP contribution in [0.25, 0.3) is 0 Å². The molecular weight excluding hydrogens is 334 g/mol. The second-order valence-corrected chi connectivity index (χ2v) is 7.17. The maximum absolute atomic E-state index is 12.3. The molecule has 21 heavy (non-hydrogen) atoms. The molecule has 0 aliphatic rings. The van der Waals surface area contributed by atoms with E-state index >= 15 is 0 Å². The lowest BCUT2D eigenvalue weighted by Gasteiger charge is -2.13. The fourth-order valence-electron chi connectivity index (χ4n) is 1.71. The number of sulfonamides is 1. The number of hydrogen-bond acceptors (Lipinski definition) is 5. The van der Waals surface area contributed by atoms with E-state index in [9.17, 15) is 13.5 Å². The van der Waals surface area contributed by atoms with Gasteiger partial charge in [-0.25, -0.2) is 13.1 Å². The van der Waals surface area contributed by atoms with Gasteiger partial charge in [-0.2, -0.15) is 11.3 Å². The Kier molecular flexibility index (Phi) is 5.23. The van der Waals surface area contributed by atoms with E-state index in [-0.39, 0.29) is 17.2 Å². The van der Waals surface area contributed by atoms with Gasteiger partial charge in [0.25, 0.3) is 0 Å². The molecule has 0 saturated carbocycles. The molecule has 0 amide bonds. The molecule has 0 aliphatic heterocycles. The second kappa shape index (κ2) is 6.76. The molecular formula is C13H14ClNO4S2. The Bertz CT molecular complexity index is 701. The average Bonchev–Trinajstić information content (AvgIpc) is 2.98. The Hall–Kier alpha value is -1.12. The first-order valence-electron chi connectivity index (χ1n) is 5.97. The molecule has 1 aromatic carbocycles. The van der Waals surface area contributed by atoms with Crippen LogP contribution >= 0.6 is 22.9 Å². The molecule has 0 fully saturated rings. The van der Waals surface area contributed by atoms with E-state index in [0.717, 1.165) is 0 Å². The second-order valence-electron chi connectivity index (χ2n) is 4.22. The first kappa shape index (κ1) is 16.3. The number of benzene rings is 1. The van der Waals surface area contributed by atoms with Crippen molar-refractivity contribution in [2.24, 2.45) is 0 Å². The lowest BCUT2D eigenvalue weighted by Crippen LogP contribution is -2.28. The number of thiophene rings is 1. The summed E-state index contributed by atoms with van der Waals surface area (Å²) in [7, 11) is -2.43. The zero-order chi connectivity index (χ0) is 15.5. The van der Waals surface area contributed by atoms with Crippen molar-refractivity contribution in [2.45, 2.75) is 11.0 Å². The summed E-state index contributed by atoms with van der Waals surface area (Å²) in [5, 5.41) is 13.9. The fourth-order valence-corrected chi connectivity index (χ4v) is 3.77. The Balaban J connectivity index is 2.15. The smallest absolute Gasteiger partial charge is 0.244 e. The van der Waals surface area contributed by atoms with Crippen LogP contribution in [0.5, 0.6) is 5.75 Å². The quantitative estimate of drug-likeness (QED) is 0.841. The van der Waals surface area contributed by atoms with E-state index in [1.54, 1.807) is 11.4 Å². The molecule has 1 heterocycles. The minimum Gasteiger partial charge on any atom is -0.495 e. The summed E-state index contributed by atoms with van der Waals surface area (Å²) in [6, 6.07) is 5.99. The summed E-state index contributed by atoms with van der Waals surface area (Å²) >= 11 is 7.24. The summed E-state index contributed by atoms with van der Waals surface area (Å²) in [4.78, 5) is -0.0214.